The van der Waals surface area contributed by atoms with Crippen LogP contribution in [-0.4, -0.2) is 43.6 Å². The van der Waals surface area contributed by atoms with Crippen LogP contribution in [0.2, 0.25) is 0 Å². The van der Waals surface area contributed by atoms with E-state index in [2.05, 4.69) is 0 Å². The van der Waals surface area contributed by atoms with Gasteiger partial charge in [-0.1, -0.05) is 32.0 Å². The van der Waals surface area contributed by atoms with Gasteiger partial charge in [0.2, 0.25) is 11.6 Å². The quantitative estimate of drug-likeness (QED) is 0.426. The first kappa shape index (κ1) is 28.2. The Hall–Kier alpha value is -2.78. The molecular formula is C30H38FNO6. The van der Waals surface area contributed by atoms with Gasteiger partial charge in [0.15, 0.2) is 11.6 Å². The van der Waals surface area contributed by atoms with Crippen LogP contribution in [0.1, 0.15) is 57.0 Å². The molecule has 2 aliphatic heterocycles. The predicted octanol–water partition coefficient (Wildman–Crippen LogP) is 5.82. The molecule has 0 spiro atoms. The predicted molar refractivity (Wildman–Crippen MR) is 145 cm³/mol. The summed E-state index contributed by atoms with van der Waals surface area (Å²) < 4.78 is 46.6. The molecule has 1 fully saturated rings. The van der Waals surface area contributed by atoms with Crippen molar-refractivity contribution in [2.75, 3.05) is 27.4 Å². The largest absolute Gasteiger partial charge is 0.490 e. The highest BCUT2D eigenvalue weighted by Gasteiger charge is 2.54. The molecule has 38 heavy (non-hydrogen) atoms. The highest BCUT2D eigenvalue weighted by atomic mass is 19.1. The highest BCUT2D eigenvalue weighted by molar-refractivity contribution is 5.98. The summed E-state index contributed by atoms with van der Waals surface area (Å²) in [5, 5.41) is 1.26. The Labute approximate surface area is 223 Å². The van der Waals surface area contributed by atoms with Crippen LogP contribution in [-0.2, 0) is 32.4 Å². The average molecular weight is 528 g/mol. The van der Waals surface area contributed by atoms with Gasteiger partial charge in [-0.3, -0.25) is 4.79 Å². The number of benzene rings is 2. The van der Waals surface area contributed by atoms with Crippen molar-refractivity contribution in [3.8, 4) is 16.9 Å². The number of aromatic nitrogens is 1. The fraction of sp³-hybridized carbons (Fsp3) is 0.500. The average Bonchev–Trinajstić information content (AvgIpc) is 2.95. The van der Waals surface area contributed by atoms with E-state index in [4.69, 9.17) is 23.7 Å². The van der Waals surface area contributed by atoms with Gasteiger partial charge in [-0.2, -0.15) is 0 Å². The summed E-state index contributed by atoms with van der Waals surface area (Å²) in [7, 11) is 4.75. The van der Waals surface area contributed by atoms with Crippen LogP contribution < -0.4 is 10.3 Å². The van der Waals surface area contributed by atoms with E-state index in [0.717, 1.165) is 34.9 Å². The third kappa shape index (κ3) is 4.33. The summed E-state index contributed by atoms with van der Waals surface area (Å²) in [5.74, 6) is -2.53. The summed E-state index contributed by atoms with van der Waals surface area (Å²) >= 11 is 0. The summed E-state index contributed by atoms with van der Waals surface area (Å²) in [4.78, 5) is 13.5. The van der Waals surface area contributed by atoms with Crippen LogP contribution in [0.5, 0.6) is 5.75 Å². The molecule has 0 N–H and O–H groups in total. The minimum absolute atomic E-state index is 0.109. The molecule has 1 saturated heterocycles. The standard InChI is InChI=1S/C28H32FNO6.C2H6/c1-16-17-12-9-13-34-25(17)21(29)14-20(16)23-18-10-7-8-11-19(18)26(31)30(4)24(23)22-15-35-27(2,32-5)28(3,33-6)36-22;1-2/h7-8,10-11,14,22H,9,12-13,15H2,1-6H3;1-2H3/t22-,27?,28?;/m1./s1. The molecule has 3 atom stereocenters. The second-order valence-corrected chi connectivity index (χ2v) is 9.68. The Morgan fingerprint density at radius 1 is 1.08 bits per heavy atom. The van der Waals surface area contributed by atoms with Gasteiger partial charge >= 0.3 is 0 Å². The van der Waals surface area contributed by atoms with Crippen molar-refractivity contribution in [2.24, 2.45) is 7.05 Å². The maximum absolute atomic E-state index is 15.4. The molecule has 7 nitrogen and oxygen atoms in total. The summed E-state index contributed by atoms with van der Waals surface area (Å²) in [5.41, 5.74) is 3.61. The van der Waals surface area contributed by atoms with Crippen LogP contribution >= 0.6 is 0 Å². The summed E-state index contributed by atoms with van der Waals surface area (Å²) in [6, 6.07) is 8.89. The van der Waals surface area contributed by atoms with Gasteiger partial charge in [0.05, 0.1) is 18.9 Å². The molecule has 2 unspecified atom stereocenters. The molecule has 8 heteroatoms. The Morgan fingerprint density at radius 2 is 1.74 bits per heavy atom. The van der Waals surface area contributed by atoms with Gasteiger partial charge in [0, 0.05) is 37.8 Å². The minimum Gasteiger partial charge on any atom is -0.490 e. The molecule has 2 aliphatic rings. The summed E-state index contributed by atoms with van der Waals surface area (Å²) in [6.45, 7) is 10.1. The smallest absolute Gasteiger partial charge is 0.258 e. The molecule has 0 radical (unpaired) electrons. The second kappa shape index (κ2) is 10.8. The van der Waals surface area contributed by atoms with E-state index in [1.54, 1.807) is 31.5 Å². The number of hydrogen-bond donors (Lipinski definition) is 0. The van der Waals surface area contributed by atoms with Crippen LogP contribution in [0.3, 0.4) is 0 Å². The number of ether oxygens (including phenoxy) is 5. The summed E-state index contributed by atoms with van der Waals surface area (Å²) in [6.07, 6.45) is 0.853. The Morgan fingerprint density at radius 3 is 2.39 bits per heavy atom. The van der Waals surface area contributed by atoms with E-state index in [1.165, 1.54) is 20.3 Å². The van der Waals surface area contributed by atoms with Crippen LogP contribution in [0.25, 0.3) is 21.9 Å². The van der Waals surface area contributed by atoms with E-state index < -0.39 is 23.5 Å². The third-order valence-electron chi connectivity index (χ3n) is 7.84. The van der Waals surface area contributed by atoms with Crippen LogP contribution in [0.15, 0.2) is 35.1 Å². The van der Waals surface area contributed by atoms with Gasteiger partial charge in [-0.05, 0) is 62.3 Å². The first-order valence-corrected chi connectivity index (χ1v) is 13.1. The van der Waals surface area contributed by atoms with E-state index in [1.807, 2.05) is 39.0 Å². The molecule has 0 amide bonds. The Bertz CT molecular complexity index is 1400. The van der Waals surface area contributed by atoms with Gasteiger partial charge in [-0.25, -0.2) is 4.39 Å². The maximum atomic E-state index is 15.4. The van der Waals surface area contributed by atoms with Gasteiger partial charge in [-0.15, -0.1) is 0 Å². The lowest BCUT2D eigenvalue weighted by Crippen LogP contribution is -2.60. The minimum atomic E-state index is -1.27. The van der Waals surface area contributed by atoms with Crippen molar-refractivity contribution < 1.29 is 28.1 Å². The number of halogens is 1. The second-order valence-electron chi connectivity index (χ2n) is 9.68. The van der Waals surface area contributed by atoms with Crippen LogP contribution in [0, 0.1) is 12.7 Å². The van der Waals surface area contributed by atoms with Crippen molar-refractivity contribution >= 4 is 10.8 Å². The lowest BCUT2D eigenvalue weighted by molar-refractivity contribution is -0.433. The Kier molecular flexibility index (Phi) is 8.00. The highest BCUT2D eigenvalue weighted by Crippen LogP contribution is 2.46. The first-order chi connectivity index (χ1) is 18.2. The number of methoxy groups -OCH3 is 2. The number of rotatable bonds is 4. The van der Waals surface area contributed by atoms with E-state index in [9.17, 15) is 4.79 Å². The van der Waals surface area contributed by atoms with Gasteiger partial charge < -0.3 is 28.3 Å². The lowest BCUT2D eigenvalue weighted by atomic mass is 9.87. The van der Waals surface area contributed by atoms with E-state index >= 15 is 4.39 Å². The zero-order valence-corrected chi connectivity index (χ0v) is 23.6. The van der Waals surface area contributed by atoms with Crippen molar-refractivity contribution in [2.45, 2.75) is 65.1 Å². The Balaban J connectivity index is 0.00000164. The first-order valence-electron chi connectivity index (χ1n) is 13.1. The third-order valence-corrected chi connectivity index (χ3v) is 7.84. The van der Waals surface area contributed by atoms with E-state index in [0.29, 0.717) is 29.0 Å². The molecule has 0 aliphatic carbocycles. The molecule has 2 aromatic carbocycles. The topological polar surface area (TPSA) is 68.2 Å². The normalized spacial score (nSPS) is 24.8. The molecule has 5 rings (SSSR count). The molecule has 206 valence electrons. The zero-order chi connectivity index (χ0) is 27.8. The van der Waals surface area contributed by atoms with Crippen molar-refractivity contribution in [1.82, 2.24) is 4.57 Å². The zero-order valence-electron chi connectivity index (χ0n) is 23.6. The molecule has 3 aromatic rings. The fourth-order valence-electron chi connectivity index (χ4n) is 5.45. The number of pyridine rings is 1. The molecule has 0 saturated carbocycles. The van der Waals surface area contributed by atoms with Crippen LogP contribution in [0.4, 0.5) is 4.39 Å². The maximum Gasteiger partial charge on any atom is 0.258 e. The van der Waals surface area contributed by atoms with Gasteiger partial charge in [0.25, 0.3) is 5.56 Å². The SMILES string of the molecule is CC.COC1(C)OC[C@H](c2c(-c3cc(F)c4c(c3C)CCCO4)c3ccccc3c(=O)n2C)OC1(C)OC. The molecular weight excluding hydrogens is 489 g/mol. The lowest BCUT2D eigenvalue weighted by Gasteiger charge is -2.49. The van der Waals surface area contributed by atoms with Crippen molar-refractivity contribution in [3.05, 3.63) is 63.3 Å². The molecule has 1 aromatic heterocycles. The van der Waals surface area contributed by atoms with Crippen molar-refractivity contribution in [3.63, 3.8) is 0 Å². The number of hydrogen-bond acceptors (Lipinski definition) is 6. The monoisotopic (exact) mass is 527 g/mol. The van der Waals surface area contributed by atoms with Crippen molar-refractivity contribution in [1.29, 1.82) is 0 Å². The number of fused-ring (bicyclic) bond motifs is 2. The molecule has 0 bridgehead atoms. The fourth-order valence-corrected chi connectivity index (χ4v) is 5.45. The van der Waals surface area contributed by atoms with Gasteiger partial charge in [0.1, 0.15) is 6.10 Å². The van der Waals surface area contributed by atoms with E-state index in [-0.39, 0.29) is 12.2 Å². The molecule has 3 heterocycles. The number of nitrogens with zero attached hydrogens (tertiary/aromatic N) is 1.